The number of rotatable bonds is 12. The number of ether oxygens (including phenoxy) is 2. The van der Waals surface area contributed by atoms with Crippen LogP contribution in [0.1, 0.15) is 51.1 Å². The SMILES string of the molecule is O=C(CCCC(=O)Oc1ccc(C=CC(=O)c2ccccc2)cc1)Oc1ccc(C=CC(=O)c2ccccc2)cc1. The van der Waals surface area contributed by atoms with Crippen LogP contribution in [-0.2, 0) is 9.59 Å². The predicted octanol–water partition coefficient (Wildman–Crippen LogP) is 7.16. The summed E-state index contributed by atoms with van der Waals surface area (Å²) in [5.74, 6) is -0.349. The molecule has 0 radical (unpaired) electrons. The highest BCUT2D eigenvalue weighted by atomic mass is 16.5. The molecule has 6 heteroatoms. The van der Waals surface area contributed by atoms with E-state index in [0.717, 1.165) is 11.1 Å². The lowest BCUT2D eigenvalue weighted by Crippen LogP contribution is -2.11. The van der Waals surface area contributed by atoms with Crippen LogP contribution in [0, 0.1) is 0 Å². The van der Waals surface area contributed by atoms with Crippen LogP contribution in [0.15, 0.2) is 121 Å². The number of ketones is 2. The van der Waals surface area contributed by atoms with Gasteiger partial charge in [0.05, 0.1) is 0 Å². The largest absolute Gasteiger partial charge is 0.427 e. The predicted molar refractivity (Wildman–Crippen MR) is 158 cm³/mol. The summed E-state index contributed by atoms with van der Waals surface area (Å²) in [5, 5.41) is 0. The van der Waals surface area contributed by atoms with Crippen molar-refractivity contribution in [1.82, 2.24) is 0 Å². The smallest absolute Gasteiger partial charge is 0.311 e. The number of allylic oxidation sites excluding steroid dienone is 2. The van der Waals surface area contributed by atoms with E-state index in [9.17, 15) is 19.2 Å². The molecule has 0 heterocycles. The molecule has 4 rings (SSSR count). The standard InChI is InChI=1S/C35H28O6/c36-32(28-8-3-1-4-9-28)24-18-26-14-20-30(21-15-26)40-34(38)12-7-13-35(39)41-31-22-16-27(17-23-31)19-25-33(37)29-10-5-2-6-11-29/h1-6,8-11,14-25H,7,12-13H2. The number of benzene rings is 4. The van der Waals surface area contributed by atoms with E-state index in [4.69, 9.17) is 9.47 Å². The van der Waals surface area contributed by atoms with E-state index in [1.807, 2.05) is 36.4 Å². The molecule has 4 aromatic rings. The Morgan fingerprint density at radius 1 is 0.488 bits per heavy atom. The number of esters is 2. The zero-order chi connectivity index (χ0) is 28.9. The number of carbonyl (C=O) groups excluding carboxylic acids is 4. The summed E-state index contributed by atoms with van der Waals surface area (Å²) in [7, 11) is 0. The van der Waals surface area contributed by atoms with Crippen molar-refractivity contribution in [2.75, 3.05) is 0 Å². The lowest BCUT2D eigenvalue weighted by molar-refractivity contribution is -0.136. The lowest BCUT2D eigenvalue weighted by Gasteiger charge is -2.06. The van der Waals surface area contributed by atoms with Crippen molar-refractivity contribution in [3.8, 4) is 11.5 Å². The molecule has 41 heavy (non-hydrogen) atoms. The van der Waals surface area contributed by atoms with Crippen molar-refractivity contribution < 1.29 is 28.7 Å². The van der Waals surface area contributed by atoms with Crippen LogP contribution in [-0.4, -0.2) is 23.5 Å². The van der Waals surface area contributed by atoms with E-state index in [0.29, 0.717) is 22.6 Å². The van der Waals surface area contributed by atoms with Gasteiger partial charge in [-0.2, -0.15) is 0 Å². The van der Waals surface area contributed by atoms with Gasteiger partial charge < -0.3 is 9.47 Å². The van der Waals surface area contributed by atoms with Gasteiger partial charge in [-0.15, -0.1) is 0 Å². The van der Waals surface area contributed by atoms with Gasteiger partial charge in [0.1, 0.15) is 11.5 Å². The number of carbonyl (C=O) groups is 4. The molecule has 0 fully saturated rings. The average Bonchev–Trinajstić information content (AvgIpc) is 3.01. The third kappa shape index (κ3) is 9.41. The molecule has 4 aromatic carbocycles. The minimum Gasteiger partial charge on any atom is -0.427 e. The van der Waals surface area contributed by atoms with Crippen molar-refractivity contribution >= 4 is 35.7 Å². The first-order chi connectivity index (χ1) is 20.0. The Labute approximate surface area is 238 Å². The van der Waals surface area contributed by atoms with Gasteiger partial charge >= 0.3 is 11.9 Å². The van der Waals surface area contributed by atoms with Crippen molar-refractivity contribution in [1.29, 1.82) is 0 Å². The molecule has 0 aliphatic heterocycles. The monoisotopic (exact) mass is 544 g/mol. The summed E-state index contributed by atoms with van der Waals surface area (Å²) in [5.41, 5.74) is 2.80. The molecule has 0 atom stereocenters. The number of hydrogen-bond donors (Lipinski definition) is 0. The molecular weight excluding hydrogens is 516 g/mol. The van der Waals surface area contributed by atoms with Crippen LogP contribution in [0.25, 0.3) is 12.2 Å². The van der Waals surface area contributed by atoms with Gasteiger partial charge in [-0.25, -0.2) is 0 Å². The van der Waals surface area contributed by atoms with E-state index >= 15 is 0 Å². The zero-order valence-corrected chi connectivity index (χ0v) is 22.3. The molecule has 0 bridgehead atoms. The van der Waals surface area contributed by atoms with Gasteiger partial charge in [-0.3, -0.25) is 19.2 Å². The molecule has 0 N–H and O–H groups in total. The molecule has 0 saturated heterocycles. The van der Waals surface area contributed by atoms with Gasteiger partial charge in [0.25, 0.3) is 0 Å². The fourth-order valence-electron chi connectivity index (χ4n) is 3.78. The third-order valence-corrected chi connectivity index (χ3v) is 5.96. The highest BCUT2D eigenvalue weighted by Gasteiger charge is 2.10. The van der Waals surface area contributed by atoms with Crippen LogP contribution < -0.4 is 9.47 Å². The maximum atomic E-state index is 12.2. The second-order valence-electron chi connectivity index (χ2n) is 9.07. The fraction of sp³-hybridized carbons (Fsp3) is 0.0857. The van der Waals surface area contributed by atoms with Crippen molar-refractivity contribution in [3.05, 3.63) is 144 Å². The topological polar surface area (TPSA) is 86.7 Å². The molecular formula is C35H28O6. The Balaban J connectivity index is 1.16. The minimum atomic E-state index is -0.457. The maximum Gasteiger partial charge on any atom is 0.311 e. The van der Waals surface area contributed by atoms with Crippen LogP contribution in [0.4, 0.5) is 0 Å². The second-order valence-corrected chi connectivity index (χ2v) is 9.07. The Morgan fingerprint density at radius 2 is 0.854 bits per heavy atom. The molecule has 0 aliphatic carbocycles. The number of hydrogen-bond acceptors (Lipinski definition) is 6. The molecule has 204 valence electrons. The van der Waals surface area contributed by atoms with Crippen LogP contribution in [0.2, 0.25) is 0 Å². The van der Waals surface area contributed by atoms with Gasteiger partial charge in [0.2, 0.25) is 0 Å². The van der Waals surface area contributed by atoms with E-state index < -0.39 is 11.9 Å². The molecule has 0 unspecified atom stereocenters. The molecule has 0 aromatic heterocycles. The van der Waals surface area contributed by atoms with Gasteiger partial charge in [0.15, 0.2) is 11.6 Å². The molecule has 0 aliphatic rings. The Morgan fingerprint density at radius 3 is 1.22 bits per heavy atom. The Bertz CT molecular complexity index is 1420. The lowest BCUT2D eigenvalue weighted by atomic mass is 10.1. The normalized spacial score (nSPS) is 10.9. The van der Waals surface area contributed by atoms with Gasteiger partial charge in [-0.1, -0.05) is 97.1 Å². The summed E-state index contributed by atoms with van der Waals surface area (Å²) in [6.07, 6.45) is 6.78. The highest BCUT2D eigenvalue weighted by molar-refractivity contribution is 6.07. The third-order valence-electron chi connectivity index (χ3n) is 5.96. The zero-order valence-electron chi connectivity index (χ0n) is 22.3. The molecule has 0 spiro atoms. The molecule has 6 nitrogen and oxygen atoms in total. The first-order valence-corrected chi connectivity index (χ1v) is 13.1. The van der Waals surface area contributed by atoms with E-state index in [1.165, 1.54) is 12.2 Å². The summed E-state index contributed by atoms with van der Waals surface area (Å²) in [6.45, 7) is 0. The van der Waals surface area contributed by atoms with Crippen molar-refractivity contribution in [3.63, 3.8) is 0 Å². The van der Waals surface area contributed by atoms with Crippen molar-refractivity contribution in [2.24, 2.45) is 0 Å². The average molecular weight is 545 g/mol. The summed E-state index contributed by atoms with van der Waals surface area (Å²) in [6, 6.07) is 31.5. The Hall–Kier alpha value is -5.36. The maximum absolute atomic E-state index is 12.2. The Kier molecular flexibility index (Phi) is 10.3. The molecule has 0 amide bonds. The molecule has 0 saturated carbocycles. The van der Waals surface area contributed by atoms with Crippen LogP contribution in [0.3, 0.4) is 0 Å². The quantitative estimate of drug-likeness (QED) is 0.0814. The minimum absolute atomic E-state index is 0.0571. The second kappa shape index (κ2) is 14.7. The first kappa shape index (κ1) is 28.6. The van der Waals surface area contributed by atoms with E-state index in [1.54, 1.807) is 84.9 Å². The van der Waals surface area contributed by atoms with E-state index in [-0.39, 0.29) is 30.8 Å². The highest BCUT2D eigenvalue weighted by Crippen LogP contribution is 2.17. The first-order valence-electron chi connectivity index (χ1n) is 13.1. The van der Waals surface area contributed by atoms with Crippen molar-refractivity contribution in [2.45, 2.75) is 19.3 Å². The van der Waals surface area contributed by atoms with Crippen LogP contribution >= 0.6 is 0 Å². The van der Waals surface area contributed by atoms with Gasteiger partial charge in [0, 0.05) is 24.0 Å². The summed E-state index contributed by atoms with van der Waals surface area (Å²) >= 11 is 0. The van der Waals surface area contributed by atoms with E-state index in [2.05, 4.69) is 0 Å². The fourth-order valence-corrected chi connectivity index (χ4v) is 3.78. The van der Waals surface area contributed by atoms with Gasteiger partial charge in [-0.05, 0) is 54.0 Å². The summed E-state index contributed by atoms with van der Waals surface area (Å²) in [4.78, 5) is 48.7. The summed E-state index contributed by atoms with van der Waals surface area (Å²) < 4.78 is 10.7. The van der Waals surface area contributed by atoms with Crippen LogP contribution in [0.5, 0.6) is 11.5 Å².